The van der Waals surface area contributed by atoms with Gasteiger partial charge in [-0.25, -0.2) is 9.59 Å². The van der Waals surface area contributed by atoms with E-state index in [1.54, 1.807) is 0 Å². The molecule has 0 saturated heterocycles. The highest BCUT2D eigenvalue weighted by molar-refractivity contribution is 9.10. The molecule has 0 saturated carbocycles. The van der Waals surface area contributed by atoms with Gasteiger partial charge < -0.3 is 19.8 Å². The van der Waals surface area contributed by atoms with Gasteiger partial charge in [0.1, 0.15) is 0 Å². The number of pyridine rings is 1. The van der Waals surface area contributed by atoms with Crippen LogP contribution in [0.25, 0.3) is 0 Å². The van der Waals surface area contributed by atoms with E-state index in [1.165, 1.54) is 12.1 Å². The molecular weight excluding hydrogens is 298 g/mol. The highest BCUT2D eigenvalue weighted by Gasteiger charge is 2.22. The molecule has 1 aromatic heterocycles. The second-order valence-corrected chi connectivity index (χ2v) is 3.59. The number of carbonyl (C=O) groups is 2. The summed E-state index contributed by atoms with van der Waals surface area (Å²) >= 11 is 2.90. The van der Waals surface area contributed by atoms with E-state index in [1.807, 2.05) is 0 Å². The van der Waals surface area contributed by atoms with Crippen LogP contribution in [-0.2, 0) is 9.53 Å². The minimum absolute atomic E-state index is 0.0232. The molecule has 0 amide bonds. The standard InChI is InChI=1S/C9H8BrNO6/c1-16-9(14)5-2-3-6(8(10)11(5)15)17-4-7(12)13/h2-3H,4H2,1H3,(H,12,13). The third-order valence-corrected chi connectivity index (χ3v) is 2.45. The Hall–Kier alpha value is -1.83. The van der Waals surface area contributed by atoms with Crippen molar-refractivity contribution in [1.82, 2.24) is 0 Å². The molecule has 0 atom stereocenters. The summed E-state index contributed by atoms with van der Waals surface area (Å²) in [6.45, 7) is -0.587. The van der Waals surface area contributed by atoms with Crippen molar-refractivity contribution in [3.8, 4) is 5.75 Å². The molecule has 17 heavy (non-hydrogen) atoms. The van der Waals surface area contributed by atoms with Crippen LogP contribution in [0.2, 0.25) is 0 Å². The first-order valence-corrected chi connectivity index (χ1v) is 5.11. The number of hydrogen-bond acceptors (Lipinski definition) is 5. The van der Waals surface area contributed by atoms with Crippen LogP contribution >= 0.6 is 15.9 Å². The van der Waals surface area contributed by atoms with Crippen molar-refractivity contribution in [2.24, 2.45) is 0 Å². The molecule has 1 N–H and O–H groups in total. The van der Waals surface area contributed by atoms with Gasteiger partial charge in [0.15, 0.2) is 6.61 Å². The molecule has 0 radical (unpaired) electrons. The van der Waals surface area contributed by atoms with E-state index in [2.05, 4.69) is 20.7 Å². The fourth-order valence-electron chi connectivity index (χ4n) is 1.000. The molecular formula is C9H8BrNO6. The lowest BCUT2D eigenvalue weighted by molar-refractivity contribution is -0.620. The molecule has 8 heteroatoms. The van der Waals surface area contributed by atoms with E-state index < -0.39 is 18.5 Å². The molecule has 0 aliphatic heterocycles. The van der Waals surface area contributed by atoms with Gasteiger partial charge in [0.05, 0.1) is 7.11 Å². The maximum Gasteiger partial charge on any atom is 0.404 e. The summed E-state index contributed by atoms with van der Waals surface area (Å²) in [7, 11) is 1.14. The Balaban J connectivity index is 3.02. The second-order valence-electron chi connectivity index (χ2n) is 2.84. The molecule has 0 aliphatic carbocycles. The monoisotopic (exact) mass is 305 g/mol. The van der Waals surface area contributed by atoms with Crippen molar-refractivity contribution in [2.45, 2.75) is 0 Å². The summed E-state index contributed by atoms with van der Waals surface area (Å²) in [5, 5.41) is 20.0. The molecule has 0 aliphatic rings. The zero-order valence-electron chi connectivity index (χ0n) is 8.68. The van der Waals surface area contributed by atoms with Crippen LogP contribution in [0.4, 0.5) is 0 Å². The van der Waals surface area contributed by atoms with Crippen molar-refractivity contribution in [3.05, 3.63) is 27.6 Å². The molecule has 1 rings (SSSR count). The number of aromatic nitrogens is 1. The van der Waals surface area contributed by atoms with Gasteiger partial charge in [-0.15, -0.1) is 4.73 Å². The molecule has 92 valence electrons. The van der Waals surface area contributed by atoms with Gasteiger partial charge in [0.25, 0.3) is 0 Å². The lowest BCUT2D eigenvalue weighted by atomic mass is 10.3. The zero-order chi connectivity index (χ0) is 13.0. The summed E-state index contributed by atoms with van der Waals surface area (Å²) in [5.41, 5.74) is -0.234. The SMILES string of the molecule is COC(=O)c1ccc(OCC(=O)O)c(Br)[n+]1[O-]. The second kappa shape index (κ2) is 5.48. The number of esters is 1. The van der Waals surface area contributed by atoms with Crippen LogP contribution in [0, 0.1) is 5.21 Å². The normalized spacial score (nSPS) is 9.76. The molecule has 1 aromatic rings. The summed E-state index contributed by atoms with van der Waals surface area (Å²) in [5.74, 6) is -1.95. The number of hydrogen-bond donors (Lipinski definition) is 1. The Bertz CT molecular complexity index is 461. The Kier molecular flexibility index (Phi) is 4.27. The van der Waals surface area contributed by atoms with E-state index in [9.17, 15) is 14.8 Å². The average molecular weight is 306 g/mol. The smallest absolute Gasteiger partial charge is 0.404 e. The number of carboxylic acids is 1. The number of nitrogens with zero attached hydrogens (tertiary/aromatic N) is 1. The first-order chi connectivity index (χ1) is 7.97. The van der Waals surface area contributed by atoms with Crippen molar-refractivity contribution in [3.63, 3.8) is 0 Å². The van der Waals surface area contributed by atoms with Crippen molar-refractivity contribution < 1.29 is 28.9 Å². The summed E-state index contributed by atoms with van der Waals surface area (Å²) in [4.78, 5) is 21.5. The molecule has 7 nitrogen and oxygen atoms in total. The number of carbonyl (C=O) groups excluding carboxylic acids is 1. The Morgan fingerprint density at radius 3 is 2.71 bits per heavy atom. The van der Waals surface area contributed by atoms with E-state index in [0.717, 1.165) is 7.11 Å². The fraction of sp³-hybridized carbons (Fsp3) is 0.222. The number of halogens is 1. The van der Waals surface area contributed by atoms with Crippen LogP contribution in [0.5, 0.6) is 5.75 Å². The summed E-state index contributed by atoms with van der Waals surface area (Å²) in [6, 6.07) is 2.48. The van der Waals surface area contributed by atoms with Crippen molar-refractivity contribution >= 4 is 27.9 Å². The Morgan fingerprint density at radius 1 is 1.53 bits per heavy atom. The lowest BCUT2D eigenvalue weighted by Gasteiger charge is -2.08. The number of aliphatic carboxylic acids is 1. The molecule has 0 fully saturated rings. The van der Waals surface area contributed by atoms with Crippen LogP contribution in [0.15, 0.2) is 16.7 Å². The predicted molar refractivity (Wildman–Crippen MR) is 57.6 cm³/mol. The van der Waals surface area contributed by atoms with Gasteiger partial charge in [0.2, 0.25) is 5.75 Å². The van der Waals surface area contributed by atoms with E-state index >= 15 is 0 Å². The third kappa shape index (κ3) is 3.06. The van der Waals surface area contributed by atoms with Gasteiger partial charge in [-0.3, -0.25) is 0 Å². The average Bonchev–Trinajstić information content (AvgIpc) is 2.30. The van der Waals surface area contributed by atoms with E-state index in [-0.39, 0.29) is 20.8 Å². The van der Waals surface area contributed by atoms with Gasteiger partial charge in [0, 0.05) is 22.0 Å². The number of carboxylic acid groups (broad SMARTS) is 1. The number of rotatable bonds is 4. The summed E-state index contributed by atoms with van der Waals surface area (Å²) < 4.78 is 9.38. The fourth-order valence-corrected chi connectivity index (χ4v) is 1.44. The maximum atomic E-state index is 11.6. The molecule has 0 bridgehead atoms. The quantitative estimate of drug-likeness (QED) is 0.372. The molecule has 0 unspecified atom stereocenters. The highest BCUT2D eigenvalue weighted by atomic mass is 79.9. The number of ether oxygens (including phenoxy) is 2. The zero-order valence-corrected chi connectivity index (χ0v) is 10.3. The Morgan fingerprint density at radius 2 is 2.18 bits per heavy atom. The van der Waals surface area contributed by atoms with Gasteiger partial charge in [-0.2, -0.15) is 0 Å². The van der Waals surface area contributed by atoms with Crippen LogP contribution in [0.3, 0.4) is 0 Å². The van der Waals surface area contributed by atoms with Crippen LogP contribution < -0.4 is 9.47 Å². The Labute approximate surface area is 104 Å². The first-order valence-electron chi connectivity index (χ1n) is 4.32. The van der Waals surface area contributed by atoms with Gasteiger partial charge in [-0.05, 0) is 6.07 Å². The van der Waals surface area contributed by atoms with Crippen molar-refractivity contribution in [2.75, 3.05) is 13.7 Å². The minimum Gasteiger partial charge on any atom is -0.617 e. The number of methoxy groups -OCH3 is 1. The largest absolute Gasteiger partial charge is 0.617 e. The molecule has 0 spiro atoms. The topological polar surface area (TPSA) is 99.8 Å². The predicted octanol–water partition coefficient (Wildman–Crippen LogP) is 0.332. The first kappa shape index (κ1) is 13.2. The highest BCUT2D eigenvalue weighted by Crippen LogP contribution is 2.21. The lowest BCUT2D eigenvalue weighted by Crippen LogP contribution is -2.37. The summed E-state index contributed by atoms with van der Waals surface area (Å²) in [6.07, 6.45) is 0. The molecule has 0 aromatic carbocycles. The van der Waals surface area contributed by atoms with Crippen molar-refractivity contribution in [1.29, 1.82) is 0 Å². The van der Waals surface area contributed by atoms with Gasteiger partial charge >= 0.3 is 22.2 Å². The molecule has 1 heterocycles. The van der Waals surface area contributed by atoms with Gasteiger partial charge in [-0.1, -0.05) is 0 Å². The van der Waals surface area contributed by atoms with E-state index in [4.69, 9.17) is 9.84 Å². The van der Waals surface area contributed by atoms with Crippen LogP contribution in [-0.4, -0.2) is 30.8 Å². The van der Waals surface area contributed by atoms with E-state index in [0.29, 0.717) is 0 Å². The maximum absolute atomic E-state index is 11.6. The minimum atomic E-state index is -1.17. The third-order valence-electron chi connectivity index (χ3n) is 1.74. The van der Waals surface area contributed by atoms with Crippen LogP contribution in [0.1, 0.15) is 10.5 Å².